The summed E-state index contributed by atoms with van der Waals surface area (Å²) >= 11 is 7.60. The van der Waals surface area contributed by atoms with E-state index in [1.165, 1.54) is 11.3 Å². The number of ether oxygens (including phenoxy) is 2. The number of thiazole rings is 1. The van der Waals surface area contributed by atoms with Crippen LogP contribution in [0.3, 0.4) is 0 Å². The molecule has 1 aliphatic rings. The summed E-state index contributed by atoms with van der Waals surface area (Å²) in [6.45, 7) is 10.00. The van der Waals surface area contributed by atoms with Crippen molar-refractivity contribution in [3.63, 3.8) is 0 Å². The minimum absolute atomic E-state index is 0.219. The molecule has 0 radical (unpaired) electrons. The molecule has 4 aromatic rings. The minimum Gasteiger partial charge on any atom is -0.489 e. The van der Waals surface area contributed by atoms with Gasteiger partial charge < -0.3 is 9.47 Å². The van der Waals surface area contributed by atoms with Crippen molar-refractivity contribution in [1.29, 1.82) is 0 Å². The normalized spacial score (nSPS) is 14.8. The summed E-state index contributed by atoms with van der Waals surface area (Å²) in [6.07, 6.45) is 4.26. The molecular formula is C34H31ClN2O4S. The Labute approximate surface area is 253 Å². The fourth-order valence-corrected chi connectivity index (χ4v) is 6.16. The van der Waals surface area contributed by atoms with Crippen molar-refractivity contribution in [2.75, 3.05) is 6.61 Å². The van der Waals surface area contributed by atoms with Gasteiger partial charge in [0.25, 0.3) is 5.56 Å². The molecule has 6 nitrogen and oxygen atoms in total. The molecule has 0 N–H and O–H groups in total. The van der Waals surface area contributed by atoms with E-state index in [9.17, 15) is 9.59 Å². The van der Waals surface area contributed by atoms with E-state index in [2.05, 4.69) is 11.6 Å². The van der Waals surface area contributed by atoms with Gasteiger partial charge in [0.05, 0.1) is 28.5 Å². The SMILES string of the molecule is C=CCc1cc(/C=c2/sc3n(c2=O)[C@@H](c2ccc(C)cc2)C(C(=O)OCC)=C(C)N=3)ccc1OCc1ccccc1Cl. The van der Waals surface area contributed by atoms with Crippen LogP contribution in [0.25, 0.3) is 6.08 Å². The molecule has 0 saturated carbocycles. The van der Waals surface area contributed by atoms with Crippen LogP contribution < -0.4 is 19.6 Å². The van der Waals surface area contributed by atoms with Crippen LogP contribution in [0.15, 0.2) is 100 Å². The van der Waals surface area contributed by atoms with Gasteiger partial charge in [-0.2, -0.15) is 0 Å². The number of hydrogen-bond acceptors (Lipinski definition) is 6. The fourth-order valence-electron chi connectivity index (χ4n) is 4.92. The van der Waals surface area contributed by atoms with Crippen LogP contribution in [0.4, 0.5) is 0 Å². The van der Waals surface area contributed by atoms with Crippen molar-refractivity contribution < 1.29 is 14.3 Å². The second-order valence-corrected chi connectivity index (χ2v) is 11.4. The average Bonchev–Trinajstić information content (AvgIpc) is 3.27. The van der Waals surface area contributed by atoms with Crippen molar-refractivity contribution >= 4 is 35.0 Å². The highest BCUT2D eigenvalue weighted by molar-refractivity contribution is 7.07. The second-order valence-electron chi connectivity index (χ2n) is 9.95. The number of hydrogen-bond donors (Lipinski definition) is 0. The maximum atomic E-state index is 13.9. The van der Waals surface area contributed by atoms with Crippen LogP contribution in [-0.2, 0) is 22.6 Å². The molecule has 1 aliphatic heterocycles. The third kappa shape index (κ3) is 6.03. The molecule has 214 valence electrons. The smallest absolute Gasteiger partial charge is 0.338 e. The van der Waals surface area contributed by atoms with Gasteiger partial charge in [-0.3, -0.25) is 9.36 Å². The van der Waals surface area contributed by atoms with Crippen molar-refractivity contribution in [3.05, 3.63) is 143 Å². The Balaban J connectivity index is 1.56. The van der Waals surface area contributed by atoms with Gasteiger partial charge in [-0.05, 0) is 68.2 Å². The molecular weight excluding hydrogens is 568 g/mol. The van der Waals surface area contributed by atoms with Crippen molar-refractivity contribution in [2.45, 2.75) is 39.8 Å². The number of carbonyl (C=O) groups is 1. The van der Waals surface area contributed by atoms with Gasteiger partial charge in [0.2, 0.25) is 0 Å². The maximum absolute atomic E-state index is 13.9. The Bertz CT molecular complexity index is 1870. The molecule has 0 unspecified atom stereocenters. The largest absolute Gasteiger partial charge is 0.489 e. The van der Waals surface area contributed by atoms with Gasteiger partial charge in [0, 0.05) is 10.6 Å². The number of allylic oxidation sites excluding steroid dienone is 2. The topological polar surface area (TPSA) is 69.9 Å². The summed E-state index contributed by atoms with van der Waals surface area (Å²) in [5, 5.41) is 0.653. The van der Waals surface area contributed by atoms with Crippen molar-refractivity contribution in [2.24, 2.45) is 4.99 Å². The predicted octanol–water partition coefficient (Wildman–Crippen LogP) is 6.07. The van der Waals surface area contributed by atoms with Gasteiger partial charge >= 0.3 is 5.97 Å². The summed E-state index contributed by atoms with van der Waals surface area (Å²) in [7, 11) is 0. The Morgan fingerprint density at radius 2 is 1.86 bits per heavy atom. The van der Waals surface area contributed by atoms with E-state index in [0.717, 1.165) is 33.6 Å². The van der Waals surface area contributed by atoms with Crippen molar-refractivity contribution in [1.82, 2.24) is 4.57 Å². The number of nitrogens with zero attached hydrogens (tertiary/aromatic N) is 2. The van der Waals surface area contributed by atoms with E-state index < -0.39 is 12.0 Å². The lowest BCUT2D eigenvalue weighted by Crippen LogP contribution is -2.39. The molecule has 0 saturated heterocycles. The lowest BCUT2D eigenvalue weighted by atomic mass is 9.95. The first-order chi connectivity index (χ1) is 20.3. The number of esters is 1. The van der Waals surface area contributed by atoms with Gasteiger partial charge in [0.1, 0.15) is 12.4 Å². The molecule has 0 aliphatic carbocycles. The van der Waals surface area contributed by atoms with Gasteiger partial charge in [-0.15, -0.1) is 6.58 Å². The van der Waals surface area contributed by atoms with E-state index >= 15 is 0 Å². The zero-order valence-electron chi connectivity index (χ0n) is 23.7. The molecule has 1 atom stereocenters. The van der Waals surface area contributed by atoms with Crippen LogP contribution in [0.1, 0.15) is 47.7 Å². The van der Waals surface area contributed by atoms with E-state index in [1.54, 1.807) is 18.4 Å². The summed E-state index contributed by atoms with van der Waals surface area (Å²) in [4.78, 5) is 32.2. The number of rotatable bonds is 9. The number of aryl methyl sites for hydroxylation is 1. The molecule has 42 heavy (non-hydrogen) atoms. The third-order valence-corrected chi connectivity index (χ3v) is 8.35. The summed E-state index contributed by atoms with van der Waals surface area (Å²) < 4.78 is 13.6. The molecule has 2 heterocycles. The summed E-state index contributed by atoms with van der Waals surface area (Å²) in [6, 6.07) is 20.6. The number of aromatic nitrogens is 1. The highest BCUT2D eigenvalue weighted by Gasteiger charge is 2.33. The van der Waals surface area contributed by atoms with Crippen molar-refractivity contribution in [3.8, 4) is 5.75 Å². The first kappa shape index (κ1) is 29.3. The zero-order valence-corrected chi connectivity index (χ0v) is 25.3. The quantitative estimate of drug-likeness (QED) is 0.173. The van der Waals surface area contributed by atoms with E-state index in [-0.39, 0.29) is 12.2 Å². The minimum atomic E-state index is -0.639. The zero-order chi connectivity index (χ0) is 29.8. The van der Waals surface area contributed by atoms with E-state index in [1.807, 2.05) is 85.8 Å². The third-order valence-electron chi connectivity index (χ3n) is 7.00. The van der Waals surface area contributed by atoms with Crippen LogP contribution in [-0.4, -0.2) is 17.1 Å². The Morgan fingerprint density at radius 3 is 2.57 bits per heavy atom. The monoisotopic (exact) mass is 598 g/mol. The lowest BCUT2D eigenvalue weighted by molar-refractivity contribution is -0.139. The van der Waals surface area contributed by atoms with E-state index in [4.69, 9.17) is 21.1 Å². The molecule has 0 spiro atoms. The van der Waals surface area contributed by atoms with Gasteiger partial charge in [0.15, 0.2) is 4.80 Å². The number of fused-ring (bicyclic) bond motifs is 1. The highest BCUT2D eigenvalue weighted by atomic mass is 35.5. The lowest BCUT2D eigenvalue weighted by Gasteiger charge is -2.24. The van der Waals surface area contributed by atoms with E-state index in [0.29, 0.717) is 38.7 Å². The fraction of sp³-hybridized carbons (Fsp3) is 0.206. The molecule has 1 aromatic heterocycles. The average molecular weight is 599 g/mol. The summed E-state index contributed by atoms with van der Waals surface area (Å²) in [5.41, 5.74) is 5.27. The molecule has 0 fully saturated rings. The standard InChI is InChI=1S/C34H31ClN2O4S/c1-5-9-25-18-23(14-17-28(25)41-20-26-10-7-8-11-27(26)35)19-29-32(38)37-31(24-15-12-21(3)13-16-24)30(33(39)40-6-2)22(4)36-34(37)42-29/h5,7-8,10-19,31H,1,6,9,20H2,2-4H3/b29-19+/t31-/m0/s1. The Morgan fingerprint density at radius 1 is 1.10 bits per heavy atom. The Hall–Kier alpha value is -4.20. The first-order valence-corrected chi connectivity index (χ1v) is 14.9. The van der Waals surface area contributed by atoms with Gasteiger partial charge in [-0.25, -0.2) is 9.79 Å². The number of halogens is 1. The van der Waals surface area contributed by atoms with Gasteiger partial charge in [-0.1, -0.05) is 83.1 Å². The number of benzene rings is 3. The molecule has 3 aromatic carbocycles. The first-order valence-electron chi connectivity index (χ1n) is 13.7. The van der Waals surface area contributed by atoms with Crippen LogP contribution >= 0.6 is 22.9 Å². The van der Waals surface area contributed by atoms with Crippen LogP contribution in [0.5, 0.6) is 5.75 Å². The summed E-state index contributed by atoms with van der Waals surface area (Å²) in [5.74, 6) is 0.252. The van der Waals surface area contributed by atoms with Crippen LogP contribution in [0, 0.1) is 6.92 Å². The molecule has 0 bridgehead atoms. The number of carbonyl (C=O) groups excluding carboxylic acids is 1. The molecule has 5 rings (SSSR count). The molecule has 0 amide bonds. The maximum Gasteiger partial charge on any atom is 0.338 e. The predicted molar refractivity (Wildman–Crippen MR) is 168 cm³/mol. The van der Waals surface area contributed by atoms with Crippen LogP contribution in [0.2, 0.25) is 5.02 Å². The highest BCUT2D eigenvalue weighted by Crippen LogP contribution is 2.31. The molecule has 8 heteroatoms. The second kappa shape index (κ2) is 12.8. The Kier molecular flexibility index (Phi) is 8.90.